The molecule has 0 aromatic carbocycles. The molecule has 0 aliphatic rings. The molecule has 5 amide bonds. The number of ketones is 1. The molecule has 1 unspecified atom stereocenters. The number of amides is 5. The molecule has 0 radical (unpaired) electrons. The second kappa shape index (κ2) is 26.9. The minimum absolute atomic E-state index is 0.0237. The minimum Gasteiger partial charge on any atom is -0.425 e. The van der Waals surface area contributed by atoms with Gasteiger partial charge in [0.25, 0.3) is 45.9 Å². The number of Topliss-reactive ketones (excluding diaryl/α,β-unsaturated/α-hetero) is 1. The summed E-state index contributed by atoms with van der Waals surface area (Å²) in [4.78, 5) is 128. The summed E-state index contributed by atoms with van der Waals surface area (Å²) in [7, 11) is 0. The molecule has 25 heteroatoms. The van der Waals surface area contributed by atoms with Gasteiger partial charge in [-0.15, -0.1) is 18.9 Å². The van der Waals surface area contributed by atoms with Crippen molar-refractivity contribution in [2.24, 2.45) is 0 Å². The zero-order valence-corrected chi connectivity index (χ0v) is 37.9. The fourth-order valence-electron chi connectivity index (χ4n) is 6.89. The summed E-state index contributed by atoms with van der Waals surface area (Å²) in [6, 6.07) is 13.7. The Morgan fingerprint density at radius 1 is 0.478 bits per heavy atom. The number of nitrogens with zero attached hydrogens (tertiary/aromatic N) is 6. The lowest BCUT2D eigenvalue weighted by Gasteiger charge is -2.31. The van der Waals surface area contributed by atoms with E-state index >= 15 is 0 Å². The molecule has 4 rings (SSSR count). The normalized spacial score (nSPS) is 11.5. The summed E-state index contributed by atoms with van der Waals surface area (Å²) in [5.41, 5.74) is -4.67. The van der Waals surface area contributed by atoms with Gasteiger partial charge in [-0.3, -0.25) is 53.0 Å². The van der Waals surface area contributed by atoms with E-state index in [1.807, 2.05) is 9.80 Å². The predicted molar refractivity (Wildman–Crippen MR) is 244 cm³/mol. The highest BCUT2D eigenvalue weighted by atomic mass is 16.5. The van der Waals surface area contributed by atoms with Gasteiger partial charge >= 0.3 is 0 Å². The van der Waals surface area contributed by atoms with Gasteiger partial charge in [-0.05, 0) is 56.9 Å². The molecule has 0 aliphatic carbocycles. The lowest BCUT2D eigenvalue weighted by atomic mass is 10.1. The number of aromatic nitrogens is 4. The van der Waals surface area contributed by atoms with E-state index in [4.69, 9.17) is 0 Å². The first-order chi connectivity index (χ1) is 33.0. The second-order valence-corrected chi connectivity index (χ2v) is 15.7. The van der Waals surface area contributed by atoms with Crippen LogP contribution in [0.4, 0.5) is 0 Å². The third-order valence-electron chi connectivity index (χ3n) is 10.6. The maximum atomic E-state index is 13.6. The summed E-state index contributed by atoms with van der Waals surface area (Å²) >= 11 is 0. The van der Waals surface area contributed by atoms with Gasteiger partial charge in [-0.2, -0.15) is 0 Å². The predicted octanol–water partition coefficient (Wildman–Crippen LogP) is -1.68. The highest BCUT2D eigenvalue weighted by Gasteiger charge is 2.22. The van der Waals surface area contributed by atoms with Crippen LogP contribution in [-0.2, 0) is 9.59 Å². The molecule has 0 aliphatic heterocycles. The van der Waals surface area contributed by atoms with Crippen molar-refractivity contribution in [3.8, 4) is 0 Å². The van der Waals surface area contributed by atoms with Crippen molar-refractivity contribution < 1.29 is 49.6 Å². The first kappa shape index (κ1) is 53.6. The lowest BCUT2D eigenvalue weighted by molar-refractivity contribution is -0.121. The Labute approximate surface area is 393 Å². The fraction of sp³-hybridized carbons (Fsp3) is 0.409. The first-order valence-electron chi connectivity index (χ1n) is 22.0. The molecule has 1 atom stereocenters. The average Bonchev–Trinajstić information content (AvgIpc) is 3.30. The van der Waals surface area contributed by atoms with Crippen LogP contribution in [0.2, 0.25) is 0 Å². The third-order valence-corrected chi connectivity index (χ3v) is 10.6. The Balaban J connectivity index is 1.55. The van der Waals surface area contributed by atoms with Gasteiger partial charge in [0, 0.05) is 109 Å². The van der Waals surface area contributed by atoms with Gasteiger partial charge < -0.3 is 52.2 Å². The number of unbranched alkanes of at least 4 members (excludes halogenated alkanes) is 1. The fourth-order valence-corrected chi connectivity index (χ4v) is 6.89. The lowest BCUT2D eigenvalue weighted by Crippen LogP contribution is -2.49. The molecule has 372 valence electrons. The zero-order valence-electron chi connectivity index (χ0n) is 37.9. The SMILES string of the molecule is CC(=O)CCCC(=O)NCCCCC(CN(CCNC(=O)c1cccc(=O)n1O)CCN(CCNC(=O)c1cccc(=O)n1O)CCNC(=O)c1cccc(=O)n1O)NC(=O)c1cccc(=O)n1O. The van der Waals surface area contributed by atoms with E-state index in [0.717, 1.165) is 24.3 Å². The van der Waals surface area contributed by atoms with E-state index in [2.05, 4.69) is 26.6 Å². The Kier molecular flexibility index (Phi) is 20.9. The molecule has 0 spiro atoms. The van der Waals surface area contributed by atoms with Crippen LogP contribution in [0.25, 0.3) is 0 Å². The van der Waals surface area contributed by atoms with Gasteiger partial charge in [-0.25, -0.2) is 0 Å². The van der Waals surface area contributed by atoms with Crippen molar-refractivity contribution in [2.75, 3.05) is 65.4 Å². The molecule has 0 fully saturated rings. The van der Waals surface area contributed by atoms with Crippen molar-refractivity contribution in [1.82, 2.24) is 55.3 Å². The maximum Gasteiger partial charge on any atom is 0.283 e. The van der Waals surface area contributed by atoms with Gasteiger partial charge in [0.1, 0.15) is 28.6 Å². The monoisotopic (exact) mass is 963 g/mol. The molecular formula is C44H57N11O14. The summed E-state index contributed by atoms with van der Waals surface area (Å²) in [6.45, 7) is 2.40. The molecule has 0 saturated heterocycles. The number of pyridine rings is 4. The Morgan fingerprint density at radius 2 is 0.870 bits per heavy atom. The number of hydrogen-bond acceptors (Lipinski definition) is 16. The average molecular weight is 964 g/mol. The maximum absolute atomic E-state index is 13.6. The standard InChI is InChI=1S/C44H57N11O14/c1-30(56)9-4-15-36(57)45-20-3-2-10-31(49-44(65)35-14-8-19-40(61)55(35)69)29-51(26-23-48-43(64)34-13-7-18-39(60)54(34)68)28-27-50(24-21-46-41(62)32-11-5-16-37(58)52(32)66)25-22-47-42(63)33-12-6-17-38(59)53(33)67/h5-8,11-14,16-19,31,66-69H,2-4,9-10,15,20-29H2,1H3,(H,45,57)(H,46,62)(H,47,63)(H,48,64)(H,49,65). The molecule has 69 heavy (non-hydrogen) atoms. The number of carbonyl (C=O) groups is 6. The van der Waals surface area contributed by atoms with E-state index in [-0.39, 0.29) is 125 Å². The van der Waals surface area contributed by atoms with Crippen LogP contribution in [0.1, 0.15) is 87.4 Å². The summed E-state index contributed by atoms with van der Waals surface area (Å²) in [6.07, 6.45) is 2.12. The van der Waals surface area contributed by atoms with E-state index in [0.29, 0.717) is 32.2 Å². The molecule has 25 nitrogen and oxygen atoms in total. The molecule has 4 aromatic heterocycles. The number of nitrogens with one attached hydrogen (secondary N) is 5. The topological polar surface area (TPSA) is 338 Å². The van der Waals surface area contributed by atoms with Crippen LogP contribution in [0.3, 0.4) is 0 Å². The van der Waals surface area contributed by atoms with E-state index in [1.54, 1.807) is 0 Å². The Bertz CT molecular complexity index is 2600. The highest BCUT2D eigenvalue weighted by Crippen LogP contribution is 2.08. The van der Waals surface area contributed by atoms with Crippen molar-refractivity contribution in [3.05, 3.63) is 137 Å². The molecule has 4 heterocycles. The van der Waals surface area contributed by atoms with E-state index < -0.39 is 51.9 Å². The van der Waals surface area contributed by atoms with Crippen molar-refractivity contribution in [3.63, 3.8) is 0 Å². The Morgan fingerprint density at radius 3 is 1.29 bits per heavy atom. The van der Waals surface area contributed by atoms with Gasteiger partial charge in [0.2, 0.25) is 5.91 Å². The molecule has 4 aromatic rings. The van der Waals surface area contributed by atoms with Crippen molar-refractivity contribution in [1.29, 1.82) is 0 Å². The molecule has 9 N–H and O–H groups in total. The Hall–Kier alpha value is -8.06. The van der Waals surface area contributed by atoms with Crippen LogP contribution < -0.4 is 48.8 Å². The van der Waals surface area contributed by atoms with Gasteiger partial charge in [0.05, 0.1) is 0 Å². The highest BCUT2D eigenvalue weighted by molar-refractivity contribution is 5.94. The summed E-state index contributed by atoms with van der Waals surface area (Å²) in [5.74, 6) is -3.35. The number of rotatable bonds is 28. The first-order valence-corrected chi connectivity index (χ1v) is 22.0. The van der Waals surface area contributed by atoms with Crippen LogP contribution in [0.5, 0.6) is 0 Å². The largest absolute Gasteiger partial charge is 0.425 e. The molecule has 0 bridgehead atoms. The summed E-state index contributed by atoms with van der Waals surface area (Å²) in [5, 5.41) is 54.3. The smallest absolute Gasteiger partial charge is 0.283 e. The van der Waals surface area contributed by atoms with Crippen LogP contribution in [0.15, 0.2) is 92.0 Å². The third kappa shape index (κ3) is 17.0. The quantitative estimate of drug-likeness (QED) is 0.0227. The number of carbonyl (C=O) groups excluding carboxylic acids is 6. The van der Waals surface area contributed by atoms with Gasteiger partial charge in [0.15, 0.2) is 0 Å². The zero-order chi connectivity index (χ0) is 50.5. The van der Waals surface area contributed by atoms with Crippen LogP contribution in [-0.4, -0.2) is 156 Å². The second-order valence-electron chi connectivity index (χ2n) is 15.7. The van der Waals surface area contributed by atoms with Crippen molar-refractivity contribution in [2.45, 2.75) is 51.5 Å². The molecular weight excluding hydrogens is 907 g/mol. The summed E-state index contributed by atoms with van der Waals surface area (Å²) < 4.78 is 0.795. The van der Waals surface area contributed by atoms with E-state index in [9.17, 15) is 68.8 Å². The van der Waals surface area contributed by atoms with Gasteiger partial charge in [-0.1, -0.05) is 24.3 Å². The van der Waals surface area contributed by atoms with E-state index in [1.165, 1.54) is 55.5 Å². The van der Waals surface area contributed by atoms with Crippen molar-refractivity contribution >= 4 is 35.3 Å². The van der Waals surface area contributed by atoms with Crippen LogP contribution >= 0.6 is 0 Å². The minimum atomic E-state index is -0.848. The molecule has 0 saturated carbocycles. The number of hydrogen-bond donors (Lipinski definition) is 9. The van der Waals surface area contributed by atoms with Crippen LogP contribution in [0, 0.1) is 0 Å².